The number of hydrogen-bond donors (Lipinski definition) is 0. The summed E-state index contributed by atoms with van der Waals surface area (Å²) in [6.07, 6.45) is 1.85. The molecule has 0 bridgehead atoms. The summed E-state index contributed by atoms with van der Waals surface area (Å²) in [7, 11) is 0. The number of benzene rings is 3. The van der Waals surface area contributed by atoms with Gasteiger partial charge in [0.2, 0.25) is 5.78 Å². The topological polar surface area (TPSA) is 52.6 Å². The number of halogens is 1. The average molecular weight is 447 g/mol. The van der Waals surface area contributed by atoms with Crippen LogP contribution in [0.15, 0.2) is 66.4 Å². The van der Waals surface area contributed by atoms with Gasteiger partial charge in [0, 0.05) is 10.6 Å². The van der Waals surface area contributed by atoms with Crippen LogP contribution in [0, 0.1) is 6.92 Å². The normalized spacial score (nSPS) is 13.9. The van der Waals surface area contributed by atoms with Crippen molar-refractivity contribution in [3.05, 3.63) is 99.3 Å². The summed E-state index contributed by atoms with van der Waals surface area (Å²) in [5.41, 5.74) is 4.00. The second kappa shape index (κ2) is 9.01. The van der Waals surface area contributed by atoms with Gasteiger partial charge in [-0.2, -0.15) is 0 Å². The molecule has 4 nitrogen and oxygen atoms in total. The Morgan fingerprint density at radius 3 is 2.38 bits per heavy atom. The van der Waals surface area contributed by atoms with Crippen molar-refractivity contribution < 1.29 is 19.1 Å². The Hall–Kier alpha value is -3.37. The number of Topliss-reactive ketones (excluding diaryl/α,β-unsaturated/α-hetero) is 1. The van der Waals surface area contributed by atoms with Gasteiger partial charge in [0.05, 0.1) is 12.0 Å². The lowest BCUT2D eigenvalue weighted by atomic mass is 10.0. The molecule has 0 spiro atoms. The van der Waals surface area contributed by atoms with Crippen LogP contribution < -0.4 is 9.47 Å². The van der Waals surface area contributed by atoms with Crippen molar-refractivity contribution in [3.8, 4) is 11.5 Å². The zero-order valence-electron chi connectivity index (χ0n) is 18.1. The molecule has 162 valence electrons. The molecule has 0 aliphatic carbocycles. The first-order valence-corrected chi connectivity index (χ1v) is 10.8. The first kappa shape index (κ1) is 21.8. The molecule has 1 aliphatic heterocycles. The molecule has 0 atom stereocenters. The monoisotopic (exact) mass is 446 g/mol. The Kier molecular flexibility index (Phi) is 6.15. The third kappa shape index (κ3) is 4.61. The molecule has 0 amide bonds. The highest BCUT2D eigenvalue weighted by Gasteiger charge is 2.30. The van der Waals surface area contributed by atoms with Gasteiger partial charge in [-0.3, -0.25) is 9.59 Å². The molecule has 5 heteroatoms. The van der Waals surface area contributed by atoms with E-state index in [1.807, 2.05) is 24.3 Å². The van der Waals surface area contributed by atoms with Crippen LogP contribution in [0.2, 0.25) is 5.02 Å². The smallest absolute Gasteiger partial charge is 0.315 e. The fourth-order valence-corrected chi connectivity index (χ4v) is 3.66. The molecule has 0 radical (unpaired) electrons. The molecule has 0 aromatic heterocycles. The SMILES string of the molecule is Cc1c(OC(=O)Cc2ccc(Cl)cc2)ccc2c1O/C(=C\c1ccc(C(C)C)cc1)C2=O. The van der Waals surface area contributed by atoms with Crippen LogP contribution in [0.25, 0.3) is 6.08 Å². The summed E-state index contributed by atoms with van der Waals surface area (Å²) in [6, 6.07) is 18.3. The molecule has 3 aromatic rings. The van der Waals surface area contributed by atoms with E-state index in [1.54, 1.807) is 49.4 Å². The highest BCUT2D eigenvalue weighted by atomic mass is 35.5. The maximum Gasteiger partial charge on any atom is 0.315 e. The van der Waals surface area contributed by atoms with Crippen LogP contribution in [0.3, 0.4) is 0 Å². The molecular formula is C27H23ClO4. The number of esters is 1. The van der Waals surface area contributed by atoms with E-state index in [0.717, 1.165) is 11.1 Å². The van der Waals surface area contributed by atoms with Crippen LogP contribution in [0.5, 0.6) is 11.5 Å². The first-order valence-electron chi connectivity index (χ1n) is 10.4. The van der Waals surface area contributed by atoms with Crippen LogP contribution >= 0.6 is 11.6 Å². The molecule has 1 heterocycles. The molecule has 0 N–H and O–H groups in total. The third-order valence-corrected chi connectivity index (χ3v) is 5.68. The van der Waals surface area contributed by atoms with Gasteiger partial charge in [-0.25, -0.2) is 0 Å². The Balaban J connectivity index is 1.51. The maximum atomic E-state index is 12.8. The van der Waals surface area contributed by atoms with E-state index in [9.17, 15) is 9.59 Å². The molecule has 4 rings (SSSR count). The van der Waals surface area contributed by atoms with Crippen molar-refractivity contribution in [1.29, 1.82) is 0 Å². The van der Waals surface area contributed by atoms with Crippen molar-refractivity contribution in [2.24, 2.45) is 0 Å². The minimum absolute atomic E-state index is 0.116. The summed E-state index contributed by atoms with van der Waals surface area (Å²) >= 11 is 5.88. The second-order valence-corrected chi connectivity index (χ2v) is 8.54. The zero-order chi connectivity index (χ0) is 22.8. The second-order valence-electron chi connectivity index (χ2n) is 8.10. The standard InChI is InChI=1S/C27H23ClO4/c1-16(2)20-8-4-18(5-9-20)14-24-26(30)22-12-13-23(17(3)27(22)32-24)31-25(29)15-19-6-10-21(28)11-7-19/h4-14,16H,15H2,1-3H3/b24-14-. The molecule has 0 unspecified atom stereocenters. The summed E-state index contributed by atoms with van der Waals surface area (Å²) < 4.78 is 11.4. The van der Waals surface area contributed by atoms with Gasteiger partial charge in [-0.05, 0) is 59.9 Å². The van der Waals surface area contributed by atoms with Gasteiger partial charge in [0.1, 0.15) is 11.5 Å². The van der Waals surface area contributed by atoms with Gasteiger partial charge in [0.15, 0.2) is 5.76 Å². The lowest BCUT2D eigenvalue weighted by Crippen LogP contribution is -2.12. The van der Waals surface area contributed by atoms with Crippen molar-refractivity contribution in [3.63, 3.8) is 0 Å². The Morgan fingerprint density at radius 1 is 1.03 bits per heavy atom. The molecule has 0 saturated carbocycles. The Bertz CT molecular complexity index is 1210. The number of fused-ring (bicyclic) bond motifs is 1. The van der Waals surface area contributed by atoms with Gasteiger partial charge < -0.3 is 9.47 Å². The van der Waals surface area contributed by atoms with Crippen LogP contribution in [0.1, 0.15) is 52.4 Å². The van der Waals surface area contributed by atoms with Crippen molar-refractivity contribution in [2.75, 3.05) is 0 Å². The number of hydrogen-bond acceptors (Lipinski definition) is 4. The van der Waals surface area contributed by atoms with Crippen molar-refractivity contribution in [1.82, 2.24) is 0 Å². The number of allylic oxidation sites excluding steroid dienone is 1. The predicted octanol–water partition coefficient (Wildman–Crippen LogP) is 6.54. The molecule has 3 aromatic carbocycles. The maximum absolute atomic E-state index is 12.8. The summed E-state index contributed by atoms with van der Waals surface area (Å²) in [4.78, 5) is 25.2. The van der Waals surface area contributed by atoms with E-state index in [-0.39, 0.29) is 18.0 Å². The van der Waals surface area contributed by atoms with Crippen LogP contribution in [-0.4, -0.2) is 11.8 Å². The number of carbonyl (C=O) groups is 2. The number of carbonyl (C=O) groups excluding carboxylic acids is 2. The van der Waals surface area contributed by atoms with Crippen LogP contribution in [-0.2, 0) is 11.2 Å². The van der Waals surface area contributed by atoms with Gasteiger partial charge in [-0.15, -0.1) is 0 Å². The van der Waals surface area contributed by atoms with Crippen molar-refractivity contribution >= 4 is 29.4 Å². The lowest BCUT2D eigenvalue weighted by molar-refractivity contribution is -0.133. The average Bonchev–Trinajstić information content (AvgIpc) is 3.08. The molecule has 0 saturated heterocycles. The summed E-state index contributed by atoms with van der Waals surface area (Å²) in [5, 5.41) is 0.609. The predicted molar refractivity (Wildman–Crippen MR) is 125 cm³/mol. The fourth-order valence-electron chi connectivity index (χ4n) is 3.53. The molecule has 0 fully saturated rings. The van der Waals surface area contributed by atoms with Gasteiger partial charge in [0.25, 0.3) is 0 Å². The Labute approximate surface area is 192 Å². The molecular weight excluding hydrogens is 424 g/mol. The highest BCUT2D eigenvalue weighted by molar-refractivity contribution is 6.30. The third-order valence-electron chi connectivity index (χ3n) is 5.42. The highest BCUT2D eigenvalue weighted by Crippen LogP contribution is 2.39. The number of ketones is 1. The molecule has 32 heavy (non-hydrogen) atoms. The van der Waals surface area contributed by atoms with Gasteiger partial charge in [-0.1, -0.05) is 61.8 Å². The lowest BCUT2D eigenvalue weighted by Gasteiger charge is -2.10. The van der Waals surface area contributed by atoms with E-state index >= 15 is 0 Å². The number of rotatable bonds is 5. The van der Waals surface area contributed by atoms with E-state index in [1.165, 1.54) is 5.56 Å². The van der Waals surface area contributed by atoms with E-state index in [2.05, 4.69) is 13.8 Å². The fraction of sp³-hybridized carbons (Fsp3) is 0.185. The molecule has 1 aliphatic rings. The Morgan fingerprint density at radius 2 is 1.72 bits per heavy atom. The van der Waals surface area contributed by atoms with E-state index < -0.39 is 5.97 Å². The quantitative estimate of drug-likeness (QED) is 0.254. The first-order chi connectivity index (χ1) is 15.3. The van der Waals surface area contributed by atoms with E-state index in [0.29, 0.717) is 33.6 Å². The zero-order valence-corrected chi connectivity index (χ0v) is 18.9. The summed E-state index contributed by atoms with van der Waals surface area (Å²) in [5.74, 6) is 0.907. The minimum Gasteiger partial charge on any atom is -0.452 e. The number of ether oxygens (including phenoxy) is 2. The van der Waals surface area contributed by atoms with E-state index in [4.69, 9.17) is 21.1 Å². The summed E-state index contributed by atoms with van der Waals surface area (Å²) in [6.45, 7) is 6.05. The minimum atomic E-state index is -0.402. The van der Waals surface area contributed by atoms with Crippen molar-refractivity contribution in [2.45, 2.75) is 33.1 Å². The van der Waals surface area contributed by atoms with Gasteiger partial charge >= 0.3 is 5.97 Å². The largest absolute Gasteiger partial charge is 0.452 e. The van der Waals surface area contributed by atoms with Crippen LogP contribution in [0.4, 0.5) is 0 Å².